The topological polar surface area (TPSA) is 43.4 Å². The van der Waals surface area contributed by atoms with Crippen LogP contribution in [-0.4, -0.2) is 22.7 Å². The van der Waals surface area contributed by atoms with Gasteiger partial charge in [-0.15, -0.1) is 11.6 Å². The lowest BCUT2D eigenvalue weighted by Gasteiger charge is -2.20. The van der Waals surface area contributed by atoms with Gasteiger partial charge in [0.2, 0.25) is 0 Å². The first kappa shape index (κ1) is 14.4. The van der Waals surface area contributed by atoms with Crippen LogP contribution in [0.2, 0.25) is 0 Å². The van der Waals surface area contributed by atoms with Gasteiger partial charge in [0.15, 0.2) is 11.2 Å². The molecule has 4 heteroatoms. The molecule has 0 fully saturated rings. The largest absolute Gasteiger partial charge is 0.459 e. The second-order valence-electron chi connectivity index (χ2n) is 4.47. The molecule has 0 radical (unpaired) electrons. The van der Waals surface area contributed by atoms with E-state index in [0.717, 1.165) is 12.8 Å². The molecule has 0 rings (SSSR count). The number of hydrogen-bond donors (Lipinski definition) is 0. The predicted octanol–water partition coefficient (Wildman–Crippen LogP) is 2.69. The van der Waals surface area contributed by atoms with Gasteiger partial charge in [0.25, 0.3) is 0 Å². The second-order valence-corrected chi connectivity index (χ2v) is 4.90. The smallest absolute Gasteiger partial charge is 0.332 e. The fourth-order valence-corrected chi connectivity index (χ4v) is 1.12. The van der Waals surface area contributed by atoms with Crippen molar-refractivity contribution >= 4 is 23.4 Å². The molecule has 0 heterocycles. The van der Waals surface area contributed by atoms with Crippen molar-refractivity contribution in [1.29, 1.82) is 0 Å². The molecule has 0 bridgehead atoms. The number of ketones is 1. The van der Waals surface area contributed by atoms with Gasteiger partial charge in [-0.25, -0.2) is 4.79 Å². The standard InChI is InChI=1S/C11H19ClO3/c1-5-6-7-8(13)9(12)10(14)15-11(2,3)4/h9H,5-7H2,1-4H3. The number of carbonyl (C=O) groups is 2. The number of esters is 1. The Morgan fingerprint density at radius 1 is 1.33 bits per heavy atom. The van der Waals surface area contributed by atoms with E-state index < -0.39 is 16.9 Å². The lowest BCUT2D eigenvalue weighted by Crippen LogP contribution is -2.33. The monoisotopic (exact) mass is 234 g/mol. The van der Waals surface area contributed by atoms with Crippen molar-refractivity contribution in [1.82, 2.24) is 0 Å². The van der Waals surface area contributed by atoms with Crippen LogP contribution in [0.5, 0.6) is 0 Å². The molecule has 0 aliphatic carbocycles. The molecule has 0 aromatic carbocycles. The zero-order chi connectivity index (χ0) is 12.1. The minimum atomic E-state index is -1.16. The molecule has 0 aliphatic heterocycles. The number of halogens is 1. The highest BCUT2D eigenvalue weighted by Crippen LogP contribution is 2.13. The first-order valence-corrected chi connectivity index (χ1v) is 5.61. The Kier molecular flexibility index (Phi) is 5.88. The fourth-order valence-electron chi connectivity index (χ4n) is 0.963. The molecule has 0 saturated carbocycles. The minimum Gasteiger partial charge on any atom is -0.459 e. The number of Topliss-reactive ketones (excluding diaryl/α,β-unsaturated/α-hetero) is 1. The molecular weight excluding hydrogens is 216 g/mol. The Morgan fingerprint density at radius 2 is 1.87 bits per heavy atom. The van der Waals surface area contributed by atoms with Crippen molar-refractivity contribution in [2.24, 2.45) is 0 Å². The van der Waals surface area contributed by atoms with Gasteiger partial charge in [-0.05, 0) is 27.2 Å². The summed E-state index contributed by atoms with van der Waals surface area (Å²) in [5, 5.41) is -1.16. The van der Waals surface area contributed by atoms with Crippen LogP contribution in [0, 0.1) is 0 Å². The molecular formula is C11H19ClO3. The van der Waals surface area contributed by atoms with Crippen LogP contribution in [0.1, 0.15) is 47.0 Å². The SMILES string of the molecule is CCCCC(=O)C(Cl)C(=O)OC(C)(C)C. The van der Waals surface area contributed by atoms with Crippen molar-refractivity contribution in [3.63, 3.8) is 0 Å². The Hall–Kier alpha value is -0.570. The molecule has 3 nitrogen and oxygen atoms in total. The van der Waals surface area contributed by atoms with Crippen LogP contribution in [0.4, 0.5) is 0 Å². The molecule has 0 aromatic rings. The Bertz CT molecular complexity index is 230. The van der Waals surface area contributed by atoms with Crippen molar-refractivity contribution in [2.45, 2.75) is 57.9 Å². The van der Waals surface area contributed by atoms with Gasteiger partial charge in [0, 0.05) is 6.42 Å². The number of unbranched alkanes of at least 4 members (excludes halogenated alkanes) is 1. The zero-order valence-electron chi connectivity index (χ0n) is 9.80. The van der Waals surface area contributed by atoms with Crippen molar-refractivity contribution in [3.05, 3.63) is 0 Å². The summed E-state index contributed by atoms with van der Waals surface area (Å²) in [6.45, 7) is 7.20. The van der Waals surface area contributed by atoms with E-state index in [1.165, 1.54) is 0 Å². The van der Waals surface area contributed by atoms with Gasteiger partial charge in [-0.1, -0.05) is 13.3 Å². The van der Waals surface area contributed by atoms with Crippen LogP contribution in [0.3, 0.4) is 0 Å². The lowest BCUT2D eigenvalue weighted by molar-refractivity contribution is -0.155. The summed E-state index contributed by atoms with van der Waals surface area (Å²) in [7, 11) is 0. The molecule has 0 amide bonds. The van der Waals surface area contributed by atoms with Crippen molar-refractivity contribution < 1.29 is 14.3 Å². The van der Waals surface area contributed by atoms with E-state index in [1.807, 2.05) is 6.92 Å². The van der Waals surface area contributed by atoms with Gasteiger partial charge in [0.1, 0.15) is 5.60 Å². The highest BCUT2D eigenvalue weighted by Gasteiger charge is 2.28. The number of hydrogen-bond acceptors (Lipinski definition) is 3. The lowest BCUT2D eigenvalue weighted by atomic mass is 10.1. The van der Waals surface area contributed by atoms with Gasteiger partial charge >= 0.3 is 5.97 Å². The summed E-state index contributed by atoms with van der Waals surface area (Å²) in [6.07, 6.45) is 2.00. The summed E-state index contributed by atoms with van der Waals surface area (Å²) < 4.78 is 5.01. The molecule has 88 valence electrons. The highest BCUT2D eigenvalue weighted by atomic mass is 35.5. The average Bonchev–Trinajstić information content (AvgIpc) is 2.10. The van der Waals surface area contributed by atoms with E-state index in [4.69, 9.17) is 16.3 Å². The second kappa shape index (κ2) is 6.11. The van der Waals surface area contributed by atoms with Crippen LogP contribution >= 0.6 is 11.6 Å². The molecule has 0 aromatic heterocycles. The van der Waals surface area contributed by atoms with Crippen molar-refractivity contribution in [2.75, 3.05) is 0 Å². The van der Waals surface area contributed by atoms with Crippen LogP contribution in [-0.2, 0) is 14.3 Å². The third-order valence-electron chi connectivity index (χ3n) is 1.67. The average molecular weight is 235 g/mol. The maximum Gasteiger partial charge on any atom is 0.332 e. The summed E-state index contributed by atoms with van der Waals surface area (Å²) in [5.41, 5.74) is -0.602. The third kappa shape index (κ3) is 6.50. The molecule has 1 unspecified atom stereocenters. The Morgan fingerprint density at radius 3 is 2.27 bits per heavy atom. The highest BCUT2D eigenvalue weighted by molar-refractivity contribution is 6.41. The minimum absolute atomic E-state index is 0.257. The Balaban J connectivity index is 4.14. The van der Waals surface area contributed by atoms with Gasteiger partial charge in [-0.2, -0.15) is 0 Å². The predicted molar refractivity (Wildman–Crippen MR) is 60.0 cm³/mol. The molecule has 0 N–H and O–H groups in total. The summed E-state index contributed by atoms with van der Waals surface area (Å²) in [5.74, 6) is -0.905. The van der Waals surface area contributed by atoms with Gasteiger partial charge in [0.05, 0.1) is 0 Å². The maximum atomic E-state index is 11.4. The van der Waals surface area contributed by atoms with Crippen LogP contribution in [0.15, 0.2) is 0 Å². The number of rotatable bonds is 5. The zero-order valence-corrected chi connectivity index (χ0v) is 10.6. The van der Waals surface area contributed by atoms with E-state index in [-0.39, 0.29) is 5.78 Å². The van der Waals surface area contributed by atoms with E-state index in [2.05, 4.69) is 0 Å². The summed E-state index contributed by atoms with van der Waals surface area (Å²) in [4.78, 5) is 22.8. The first-order chi connectivity index (χ1) is 6.78. The summed E-state index contributed by atoms with van der Waals surface area (Å²) in [6, 6.07) is 0. The van der Waals surface area contributed by atoms with E-state index in [1.54, 1.807) is 20.8 Å². The normalized spacial score (nSPS) is 13.4. The molecule has 1 atom stereocenters. The van der Waals surface area contributed by atoms with Gasteiger partial charge < -0.3 is 4.74 Å². The van der Waals surface area contributed by atoms with Crippen LogP contribution in [0.25, 0.3) is 0 Å². The fraction of sp³-hybridized carbons (Fsp3) is 0.818. The first-order valence-electron chi connectivity index (χ1n) is 5.17. The van der Waals surface area contributed by atoms with E-state index in [0.29, 0.717) is 6.42 Å². The van der Waals surface area contributed by atoms with Crippen molar-refractivity contribution in [3.8, 4) is 0 Å². The van der Waals surface area contributed by atoms with E-state index >= 15 is 0 Å². The summed E-state index contributed by atoms with van der Waals surface area (Å²) >= 11 is 5.70. The molecule has 15 heavy (non-hydrogen) atoms. The third-order valence-corrected chi connectivity index (χ3v) is 2.09. The molecule has 0 saturated heterocycles. The van der Waals surface area contributed by atoms with E-state index in [9.17, 15) is 9.59 Å². The number of alkyl halides is 1. The quantitative estimate of drug-likeness (QED) is 0.417. The number of ether oxygens (including phenoxy) is 1. The Labute approximate surface area is 96.1 Å². The maximum absolute atomic E-state index is 11.4. The van der Waals surface area contributed by atoms with Gasteiger partial charge in [-0.3, -0.25) is 4.79 Å². The van der Waals surface area contributed by atoms with Crippen LogP contribution < -0.4 is 0 Å². The molecule has 0 aliphatic rings. The number of carbonyl (C=O) groups excluding carboxylic acids is 2. The molecule has 0 spiro atoms.